The van der Waals surface area contributed by atoms with Gasteiger partial charge in [-0.3, -0.25) is 9.79 Å². The molecule has 0 radical (unpaired) electrons. The molecule has 0 bridgehead atoms. The molecule has 0 atom stereocenters. The third-order valence-electron chi connectivity index (χ3n) is 2.51. The zero-order valence-corrected chi connectivity index (χ0v) is 13.2. The molecule has 0 aliphatic carbocycles. The molecule has 0 heterocycles. The minimum Gasteiger partial charge on any atom is -0.370 e. The van der Waals surface area contributed by atoms with Crippen molar-refractivity contribution < 1.29 is 4.79 Å². The van der Waals surface area contributed by atoms with Crippen molar-refractivity contribution in [3.8, 4) is 0 Å². The van der Waals surface area contributed by atoms with E-state index in [9.17, 15) is 4.79 Å². The van der Waals surface area contributed by atoms with E-state index in [1.54, 1.807) is 0 Å². The second-order valence-electron chi connectivity index (χ2n) is 7.14. The van der Waals surface area contributed by atoms with E-state index < -0.39 is 0 Å². The second kappa shape index (κ2) is 6.73. The van der Waals surface area contributed by atoms with E-state index in [1.165, 1.54) is 0 Å². The maximum Gasteiger partial charge on any atom is 0.185 e. The quantitative estimate of drug-likeness (QED) is 0.348. The maximum absolute atomic E-state index is 12.4. The van der Waals surface area contributed by atoms with Crippen LogP contribution in [0.2, 0.25) is 0 Å². The molecule has 4 N–H and O–H groups in total. The van der Waals surface area contributed by atoms with Gasteiger partial charge in [0.2, 0.25) is 0 Å². The second-order valence-corrected chi connectivity index (χ2v) is 7.14. The molecule has 0 saturated carbocycles. The van der Waals surface area contributed by atoms with Gasteiger partial charge in [0.1, 0.15) is 0 Å². The van der Waals surface area contributed by atoms with E-state index in [0.717, 1.165) is 12.0 Å². The molecule has 0 fully saturated rings. The number of allylic oxidation sites excluding steroid dienone is 1. The minimum absolute atomic E-state index is 0.0862. The van der Waals surface area contributed by atoms with Gasteiger partial charge in [-0.25, -0.2) is 0 Å². The van der Waals surface area contributed by atoms with Gasteiger partial charge in [-0.15, -0.1) is 0 Å². The summed E-state index contributed by atoms with van der Waals surface area (Å²) >= 11 is 0. The van der Waals surface area contributed by atoms with Crippen molar-refractivity contribution >= 4 is 11.7 Å². The third-order valence-corrected chi connectivity index (χ3v) is 2.51. The van der Waals surface area contributed by atoms with Crippen LogP contribution in [0.5, 0.6) is 0 Å². The summed E-state index contributed by atoms with van der Waals surface area (Å²) in [6, 6.07) is 0. The van der Waals surface area contributed by atoms with Crippen LogP contribution >= 0.6 is 0 Å². The molecule has 4 nitrogen and oxygen atoms in total. The van der Waals surface area contributed by atoms with Crippen molar-refractivity contribution in [3.05, 3.63) is 11.6 Å². The van der Waals surface area contributed by atoms with Gasteiger partial charge in [0.25, 0.3) is 0 Å². The van der Waals surface area contributed by atoms with E-state index in [1.807, 2.05) is 26.8 Å². The van der Waals surface area contributed by atoms with Gasteiger partial charge < -0.3 is 11.5 Å². The molecule has 0 spiro atoms. The lowest BCUT2D eigenvalue weighted by Gasteiger charge is -2.24. The zero-order chi connectivity index (χ0) is 15.3. The summed E-state index contributed by atoms with van der Waals surface area (Å²) < 4.78 is 0. The Balaban J connectivity index is 4.92. The Hall–Kier alpha value is -1.32. The largest absolute Gasteiger partial charge is 0.370 e. The smallest absolute Gasteiger partial charge is 0.185 e. The number of Topliss-reactive ketones (excluding diaryl/α,β-unsaturated/α-hetero) is 1. The topological polar surface area (TPSA) is 81.5 Å². The van der Waals surface area contributed by atoms with Gasteiger partial charge in [-0.1, -0.05) is 47.6 Å². The number of ketones is 1. The number of carbonyl (C=O) groups is 1. The summed E-state index contributed by atoms with van der Waals surface area (Å²) in [4.78, 5) is 16.3. The average molecular weight is 267 g/mol. The Kier molecular flexibility index (Phi) is 6.27. The lowest BCUT2D eigenvalue weighted by Crippen LogP contribution is -2.25. The van der Waals surface area contributed by atoms with Crippen LogP contribution in [0.15, 0.2) is 16.6 Å². The van der Waals surface area contributed by atoms with Gasteiger partial charge in [0.15, 0.2) is 11.7 Å². The Morgan fingerprint density at radius 1 is 1.11 bits per heavy atom. The van der Waals surface area contributed by atoms with Crippen LogP contribution in [0.1, 0.15) is 54.4 Å². The molecule has 0 aliphatic heterocycles. The molecule has 0 aliphatic rings. The van der Waals surface area contributed by atoms with Crippen molar-refractivity contribution in [1.29, 1.82) is 0 Å². The lowest BCUT2D eigenvalue weighted by atomic mass is 9.79. The monoisotopic (exact) mass is 267 g/mol. The highest BCUT2D eigenvalue weighted by atomic mass is 16.1. The summed E-state index contributed by atoms with van der Waals surface area (Å²) in [5, 5.41) is 0. The molecule has 0 rings (SSSR count). The molecule has 0 saturated heterocycles. The number of guanidine groups is 1. The number of hydrogen-bond acceptors (Lipinski definition) is 2. The average Bonchev–Trinajstić information content (AvgIpc) is 2.18. The lowest BCUT2D eigenvalue weighted by molar-refractivity contribution is -0.122. The van der Waals surface area contributed by atoms with Crippen LogP contribution in [0.4, 0.5) is 0 Å². The highest BCUT2D eigenvalue weighted by Gasteiger charge is 2.27. The summed E-state index contributed by atoms with van der Waals surface area (Å²) in [6.07, 6.45) is 3.43. The first-order chi connectivity index (χ1) is 8.43. The first-order valence-electron chi connectivity index (χ1n) is 6.73. The number of nitrogens with zero attached hydrogens (tertiary/aromatic N) is 1. The van der Waals surface area contributed by atoms with Crippen molar-refractivity contribution in [1.82, 2.24) is 0 Å². The van der Waals surface area contributed by atoms with Gasteiger partial charge >= 0.3 is 0 Å². The Labute approximate surface area is 117 Å². The van der Waals surface area contributed by atoms with E-state index in [-0.39, 0.29) is 22.6 Å². The minimum atomic E-state index is -0.354. The van der Waals surface area contributed by atoms with E-state index in [2.05, 4.69) is 25.8 Å². The molecule has 110 valence electrons. The summed E-state index contributed by atoms with van der Waals surface area (Å²) in [5.41, 5.74) is 11.2. The maximum atomic E-state index is 12.4. The Morgan fingerprint density at radius 3 is 2.00 bits per heavy atom. The van der Waals surface area contributed by atoms with Gasteiger partial charge in [0, 0.05) is 12.0 Å². The fraction of sp³-hybridized carbons (Fsp3) is 0.733. The SMILES string of the molecule is CC(C)(C)C/C(=C/CCN=C(N)N)C(=O)C(C)(C)C. The first-order valence-corrected chi connectivity index (χ1v) is 6.73. The molecule has 0 amide bonds. The van der Waals surface area contributed by atoms with Crippen LogP contribution in [-0.4, -0.2) is 18.3 Å². The molecule has 19 heavy (non-hydrogen) atoms. The molecule has 0 aromatic carbocycles. The van der Waals surface area contributed by atoms with Crippen LogP contribution in [0.25, 0.3) is 0 Å². The van der Waals surface area contributed by atoms with Crippen molar-refractivity contribution in [2.24, 2.45) is 27.3 Å². The van der Waals surface area contributed by atoms with Crippen LogP contribution in [-0.2, 0) is 4.79 Å². The molecule has 4 heteroatoms. The number of carbonyl (C=O) groups excluding carboxylic acids is 1. The number of aliphatic imine (C=N–C) groups is 1. The highest BCUT2D eigenvalue weighted by Crippen LogP contribution is 2.30. The van der Waals surface area contributed by atoms with Crippen molar-refractivity contribution in [2.75, 3.05) is 6.54 Å². The fourth-order valence-electron chi connectivity index (χ4n) is 1.73. The summed E-state index contributed by atoms with van der Waals surface area (Å²) in [7, 11) is 0. The van der Waals surface area contributed by atoms with Crippen LogP contribution < -0.4 is 11.5 Å². The van der Waals surface area contributed by atoms with Gasteiger partial charge in [-0.05, 0) is 23.8 Å². The fourth-order valence-corrected chi connectivity index (χ4v) is 1.73. The molecule has 0 aromatic rings. The molecular weight excluding hydrogens is 238 g/mol. The number of hydrogen-bond donors (Lipinski definition) is 2. The van der Waals surface area contributed by atoms with E-state index in [0.29, 0.717) is 13.0 Å². The standard InChI is InChI=1S/C15H29N3O/c1-14(2,3)10-11(12(19)15(4,5)6)8-7-9-18-13(16)17/h8H,7,9-10H2,1-6H3,(H4,16,17,18)/b11-8-. The zero-order valence-electron chi connectivity index (χ0n) is 13.2. The third kappa shape index (κ3) is 8.41. The number of rotatable bonds is 5. The Bertz CT molecular complexity index is 364. The summed E-state index contributed by atoms with van der Waals surface area (Å²) in [5.74, 6) is 0.292. The van der Waals surface area contributed by atoms with Gasteiger partial charge in [-0.2, -0.15) is 0 Å². The molecular formula is C15H29N3O. The van der Waals surface area contributed by atoms with Crippen molar-refractivity contribution in [2.45, 2.75) is 54.4 Å². The normalized spacial score (nSPS) is 13.3. The van der Waals surface area contributed by atoms with Crippen LogP contribution in [0, 0.1) is 10.8 Å². The van der Waals surface area contributed by atoms with Gasteiger partial charge in [0.05, 0.1) is 0 Å². The Morgan fingerprint density at radius 2 is 1.63 bits per heavy atom. The molecule has 0 unspecified atom stereocenters. The first kappa shape index (κ1) is 17.7. The number of nitrogens with two attached hydrogens (primary N) is 2. The summed E-state index contributed by atoms with van der Waals surface area (Å²) in [6.45, 7) is 12.8. The highest BCUT2D eigenvalue weighted by molar-refractivity contribution is 5.99. The predicted octanol–water partition coefficient (Wildman–Crippen LogP) is 2.63. The van der Waals surface area contributed by atoms with Crippen LogP contribution in [0.3, 0.4) is 0 Å². The predicted molar refractivity (Wildman–Crippen MR) is 81.9 cm³/mol. The van der Waals surface area contributed by atoms with E-state index >= 15 is 0 Å². The van der Waals surface area contributed by atoms with E-state index in [4.69, 9.17) is 11.5 Å². The van der Waals surface area contributed by atoms with Crippen molar-refractivity contribution in [3.63, 3.8) is 0 Å². The molecule has 0 aromatic heterocycles.